The first-order chi connectivity index (χ1) is 24.8. The van der Waals surface area contributed by atoms with Gasteiger partial charge in [0.05, 0.1) is 12.3 Å². The molecule has 0 bridgehead atoms. The molecule has 3 N–H and O–H groups in total. The number of piperazine rings is 1. The maximum Gasteiger partial charge on any atom is 0.409 e. The average molecular weight is 710 g/mol. The van der Waals surface area contributed by atoms with E-state index in [0.717, 1.165) is 38.5 Å². The van der Waals surface area contributed by atoms with Crippen LogP contribution in [0.15, 0.2) is 36.4 Å². The second kappa shape index (κ2) is 18.5. The van der Waals surface area contributed by atoms with Gasteiger partial charge in [0.1, 0.15) is 12.1 Å². The fourth-order valence-corrected chi connectivity index (χ4v) is 6.41. The first-order valence-electron chi connectivity index (χ1n) is 18.3. The minimum absolute atomic E-state index is 0.0140. The second-order valence-electron chi connectivity index (χ2n) is 13.3. The molecule has 1 aromatic heterocycles. The molecule has 2 aliphatic heterocycles. The Kier molecular flexibility index (Phi) is 13.7. The predicted molar refractivity (Wildman–Crippen MR) is 186 cm³/mol. The summed E-state index contributed by atoms with van der Waals surface area (Å²) < 4.78 is 12.7. The molecule has 278 valence electrons. The molecule has 15 nitrogen and oxygen atoms in total. The van der Waals surface area contributed by atoms with E-state index in [1.807, 2.05) is 25.1 Å². The summed E-state index contributed by atoms with van der Waals surface area (Å²) in [6, 6.07) is 9.20. The van der Waals surface area contributed by atoms with E-state index in [0.29, 0.717) is 70.7 Å². The summed E-state index contributed by atoms with van der Waals surface area (Å²) in [5, 5.41) is 19.7. The number of likely N-dealkylation sites (tertiary alicyclic amines) is 1. The molecule has 0 spiro atoms. The van der Waals surface area contributed by atoms with E-state index in [9.17, 15) is 29.1 Å². The molecular formula is C36H51N7O8. The molecule has 1 saturated carbocycles. The van der Waals surface area contributed by atoms with E-state index in [4.69, 9.17) is 9.47 Å². The highest BCUT2D eigenvalue weighted by Crippen LogP contribution is 2.24. The largest absolute Gasteiger partial charge is 0.467 e. The van der Waals surface area contributed by atoms with Crippen LogP contribution < -0.4 is 15.4 Å². The number of para-hydroxylation sites is 1. The third kappa shape index (κ3) is 9.99. The van der Waals surface area contributed by atoms with Crippen LogP contribution in [0, 0.1) is 0 Å². The van der Waals surface area contributed by atoms with Gasteiger partial charge in [-0.1, -0.05) is 31.5 Å². The number of hydrogen-bond donors (Lipinski definition) is 3. The quantitative estimate of drug-likeness (QED) is 0.221. The maximum absolute atomic E-state index is 13.7. The van der Waals surface area contributed by atoms with Gasteiger partial charge in [-0.2, -0.15) is 5.10 Å². The fourth-order valence-electron chi connectivity index (χ4n) is 6.41. The third-order valence-electron chi connectivity index (χ3n) is 9.66. The zero-order chi connectivity index (χ0) is 36.2. The summed E-state index contributed by atoms with van der Waals surface area (Å²) in [5.41, 5.74) is 0.583. The van der Waals surface area contributed by atoms with E-state index >= 15 is 0 Å². The molecule has 2 aromatic rings. The van der Waals surface area contributed by atoms with Crippen molar-refractivity contribution >= 4 is 29.7 Å². The van der Waals surface area contributed by atoms with Crippen molar-refractivity contribution in [3.8, 4) is 11.6 Å². The van der Waals surface area contributed by atoms with Crippen LogP contribution in [-0.4, -0.2) is 130 Å². The highest BCUT2D eigenvalue weighted by molar-refractivity contribution is 5.96. The van der Waals surface area contributed by atoms with Crippen LogP contribution in [0.4, 0.5) is 4.79 Å². The number of amides is 5. The number of rotatable bonds is 16. The second-order valence-corrected chi connectivity index (χ2v) is 13.3. The number of unbranched alkanes of at least 4 members (excludes halogenated alkanes) is 2. The highest BCUT2D eigenvalue weighted by atomic mass is 16.6. The fraction of sp³-hybridized carbons (Fsp3) is 0.611. The topological polar surface area (TPSA) is 176 Å². The minimum atomic E-state index is -0.891. The Morgan fingerprint density at radius 1 is 0.941 bits per heavy atom. The minimum Gasteiger partial charge on any atom is -0.467 e. The Morgan fingerprint density at radius 3 is 2.37 bits per heavy atom. The first-order valence-corrected chi connectivity index (χ1v) is 18.3. The van der Waals surface area contributed by atoms with Crippen molar-refractivity contribution < 1.29 is 38.6 Å². The van der Waals surface area contributed by atoms with Crippen LogP contribution >= 0.6 is 0 Å². The molecule has 2 atom stereocenters. The predicted octanol–water partition coefficient (Wildman–Crippen LogP) is 2.25. The summed E-state index contributed by atoms with van der Waals surface area (Å²) >= 11 is 0. The van der Waals surface area contributed by atoms with Gasteiger partial charge in [-0.25, -0.2) is 9.48 Å². The number of aromatic nitrogens is 2. The van der Waals surface area contributed by atoms with Crippen LogP contribution in [0.1, 0.15) is 81.6 Å². The van der Waals surface area contributed by atoms with E-state index in [1.54, 1.807) is 26.8 Å². The van der Waals surface area contributed by atoms with Gasteiger partial charge in [0.2, 0.25) is 17.7 Å². The molecule has 1 aromatic carbocycles. The number of nitrogens with one attached hydrogen (secondary N) is 2. The molecule has 51 heavy (non-hydrogen) atoms. The van der Waals surface area contributed by atoms with Crippen molar-refractivity contribution in [2.45, 2.75) is 89.3 Å². The Labute approximate surface area is 298 Å². The zero-order valence-corrected chi connectivity index (χ0v) is 29.5. The van der Waals surface area contributed by atoms with Crippen molar-refractivity contribution in [3.05, 3.63) is 42.1 Å². The van der Waals surface area contributed by atoms with E-state index in [2.05, 4.69) is 15.7 Å². The van der Waals surface area contributed by atoms with Gasteiger partial charge in [0.15, 0.2) is 12.3 Å². The van der Waals surface area contributed by atoms with Gasteiger partial charge in [-0.05, 0) is 69.9 Å². The first kappa shape index (κ1) is 37.6. The van der Waals surface area contributed by atoms with Crippen LogP contribution in [0.5, 0.6) is 5.88 Å². The maximum atomic E-state index is 13.7. The molecule has 3 fully saturated rings. The van der Waals surface area contributed by atoms with Gasteiger partial charge in [0, 0.05) is 51.4 Å². The molecule has 5 rings (SSSR count). The van der Waals surface area contributed by atoms with Crippen molar-refractivity contribution in [3.63, 3.8) is 0 Å². The number of benzene rings is 1. The molecule has 0 radical (unpaired) electrons. The van der Waals surface area contributed by atoms with Crippen LogP contribution in [0.2, 0.25) is 0 Å². The van der Waals surface area contributed by atoms with E-state index < -0.39 is 24.1 Å². The van der Waals surface area contributed by atoms with Crippen molar-refractivity contribution in [1.82, 2.24) is 35.1 Å². The molecule has 2 unspecified atom stereocenters. The average Bonchev–Trinajstić information content (AvgIpc) is 3.80. The van der Waals surface area contributed by atoms with Gasteiger partial charge < -0.3 is 39.9 Å². The molecule has 3 aliphatic rings. The van der Waals surface area contributed by atoms with Crippen LogP contribution in [0.3, 0.4) is 0 Å². The number of hydrogen-bond acceptors (Lipinski definition) is 9. The van der Waals surface area contributed by atoms with Gasteiger partial charge >= 0.3 is 6.09 Å². The lowest BCUT2D eigenvalue weighted by Crippen LogP contribution is -2.56. The molecule has 2 saturated heterocycles. The van der Waals surface area contributed by atoms with Crippen LogP contribution in [-0.2, 0) is 19.1 Å². The van der Waals surface area contributed by atoms with E-state index in [-0.39, 0.29) is 48.6 Å². The number of aliphatic hydroxyl groups is 1. The smallest absolute Gasteiger partial charge is 0.409 e. The van der Waals surface area contributed by atoms with Gasteiger partial charge in [0.25, 0.3) is 11.8 Å². The Balaban J connectivity index is 1.24. The Morgan fingerprint density at radius 2 is 1.69 bits per heavy atom. The lowest BCUT2D eigenvalue weighted by Gasteiger charge is -2.36. The zero-order valence-electron chi connectivity index (χ0n) is 29.5. The summed E-state index contributed by atoms with van der Waals surface area (Å²) in [5.74, 6) is -1.20. The van der Waals surface area contributed by atoms with Crippen molar-refractivity contribution in [1.29, 1.82) is 0 Å². The summed E-state index contributed by atoms with van der Waals surface area (Å²) in [6.45, 7) is 3.66. The molecule has 5 amide bonds. The molecule has 15 heteroatoms. The monoisotopic (exact) mass is 709 g/mol. The standard InChI is InChI=1S/C36H51N7O8/c1-2-3-23-50-36(49)41-20-18-40(19-21-41)35(48)28(15-7-8-22-44)38-33(46)29-24-32(43(39-29)27-13-5-4-6-14-27)51-25-31(45)42-17-10-16-30(42)34(47)37-26-11-9-12-26/h4-6,13-14,24,26,28,30,44H,2-3,7-12,15-23,25H2,1H3,(H,37,47)(H,38,46). The Bertz CT molecular complexity index is 1490. The lowest BCUT2D eigenvalue weighted by atomic mass is 9.93. The summed E-state index contributed by atoms with van der Waals surface area (Å²) in [4.78, 5) is 70.7. The lowest BCUT2D eigenvalue weighted by molar-refractivity contribution is -0.140. The summed E-state index contributed by atoms with van der Waals surface area (Å²) in [6.07, 6.45) is 6.90. The van der Waals surface area contributed by atoms with Crippen LogP contribution in [0.25, 0.3) is 5.69 Å². The highest BCUT2D eigenvalue weighted by Gasteiger charge is 2.36. The number of ether oxygens (including phenoxy) is 2. The molecule has 3 heterocycles. The summed E-state index contributed by atoms with van der Waals surface area (Å²) in [7, 11) is 0. The number of carbonyl (C=O) groups is 5. The normalized spacial score (nSPS) is 18.2. The number of carbonyl (C=O) groups excluding carboxylic acids is 5. The molecule has 1 aliphatic carbocycles. The number of aliphatic hydroxyl groups excluding tert-OH is 1. The van der Waals surface area contributed by atoms with E-state index in [1.165, 1.54) is 10.7 Å². The SMILES string of the molecule is CCCCOC(=O)N1CCN(C(=O)C(CCCCO)NC(=O)c2cc(OCC(=O)N3CCCC3C(=O)NC3CCC3)n(-c3ccccc3)n2)CC1. The Hall–Kier alpha value is -4.66. The van der Waals surface area contributed by atoms with Gasteiger partial charge in [-0.15, -0.1) is 0 Å². The van der Waals surface area contributed by atoms with Gasteiger partial charge in [-0.3, -0.25) is 19.2 Å². The third-order valence-corrected chi connectivity index (χ3v) is 9.66. The number of nitrogens with zero attached hydrogens (tertiary/aromatic N) is 5. The van der Waals surface area contributed by atoms with Crippen molar-refractivity contribution in [2.75, 3.05) is 52.5 Å². The molecular weight excluding hydrogens is 658 g/mol. The van der Waals surface area contributed by atoms with Crippen molar-refractivity contribution in [2.24, 2.45) is 0 Å².